The van der Waals surface area contributed by atoms with Gasteiger partial charge in [0.1, 0.15) is 0 Å². The van der Waals surface area contributed by atoms with Gasteiger partial charge in [-0.1, -0.05) is 30.7 Å². The van der Waals surface area contributed by atoms with Gasteiger partial charge in [0, 0.05) is 17.8 Å². The molecule has 0 heterocycles. The normalized spacial score (nSPS) is 16.9. The van der Waals surface area contributed by atoms with E-state index in [1.54, 1.807) is 0 Å². The third-order valence-electron chi connectivity index (χ3n) is 3.92. The first-order valence-electron chi connectivity index (χ1n) is 6.70. The number of rotatable bonds is 7. The van der Waals surface area contributed by atoms with E-state index in [1.165, 1.54) is 19.3 Å². The fourth-order valence-electron chi connectivity index (χ4n) is 2.51. The summed E-state index contributed by atoms with van der Waals surface area (Å²) in [5, 5.41) is 12.4. The van der Waals surface area contributed by atoms with E-state index in [0.717, 1.165) is 24.2 Å². The van der Waals surface area contributed by atoms with Crippen molar-refractivity contribution < 1.29 is 9.90 Å². The first-order valence-corrected chi connectivity index (χ1v) is 7.92. The Morgan fingerprint density at radius 2 is 2.05 bits per heavy atom. The molecule has 0 aliphatic heterocycles. The van der Waals surface area contributed by atoms with Crippen molar-refractivity contribution in [1.29, 1.82) is 0 Å². The summed E-state index contributed by atoms with van der Waals surface area (Å²) < 4.78 is 0.418. The fraction of sp³-hybridized carbons (Fsp3) is 0.533. The van der Waals surface area contributed by atoms with Crippen molar-refractivity contribution in [3.63, 3.8) is 0 Å². The minimum atomic E-state index is -0.771. The van der Waals surface area contributed by atoms with Crippen LogP contribution >= 0.6 is 11.8 Å². The molecule has 2 N–H and O–H groups in total. The maximum Gasteiger partial charge on any atom is 0.307 e. The molecule has 19 heavy (non-hydrogen) atoms. The average molecular weight is 279 g/mol. The van der Waals surface area contributed by atoms with Crippen molar-refractivity contribution in [1.82, 2.24) is 5.32 Å². The quantitative estimate of drug-likeness (QED) is 0.805. The molecular weight excluding hydrogens is 258 g/mol. The standard InChI is InChI=1S/C15H21NO2S/c1-19-15(7-4-8-15)11-16-10-13-6-3-2-5-12(13)9-14(17)18/h2-3,5-6,16H,4,7-11H2,1H3,(H,17,18). The molecule has 0 unspecified atom stereocenters. The Labute approximate surface area is 118 Å². The third kappa shape index (κ3) is 3.74. The largest absolute Gasteiger partial charge is 0.481 e. The number of aliphatic carboxylic acids is 1. The van der Waals surface area contributed by atoms with Gasteiger partial charge in [0.05, 0.1) is 6.42 Å². The van der Waals surface area contributed by atoms with Crippen molar-refractivity contribution in [3.8, 4) is 0 Å². The van der Waals surface area contributed by atoms with E-state index in [0.29, 0.717) is 4.75 Å². The molecule has 1 fully saturated rings. The molecule has 1 saturated carbocycles. The number of carbonyl (C=O) groups is 1. The van der Waals surface area contributed by atoms with Gasteiger partial charge in [-0.25, -0.2) is 0 Å². The van der Waals surface area contributed by atoms with Crippen LogP contribution in [0.25, 0.3) is 0 Å². The zero-order valence-electron chi connectivity index (χ0n) is 11.3. The number of carboxylic acids is 1. The van der Waals surface area contributed by atoms with E-state index >= 15 is 0 Å². The second-order valence-electron chi connectivity index (χ2n) is 5.18. The Morgan fingerprint density at radius 3 is 2.58 bits per heavy atom. The van der Waals surface area contributed by atoms with Gasteiger partial charge in [0.2, 0.25) is 0 Å². The summed E-state index contributed by atoms with van der Waals surface area (Å²) >= 11 is 1.95. The summed E-state index contributed by atoms with van der Waals surface area (Å²) in [5.74, 6) is -0.771. The molecule has 1 aromatic carbocycles. The van der Waals surface area contributed by atoms with Crippen LogP contribution in [0.3, 0.4) is 0 Å². The van der Waals surface area contributed by atoms with Gasteiger partial charge in [-0.3, -0.25) is 4.79 Å². The zero-order chi connectivity index (χ0) is 13.7. The summed E-state index contributed by atoms with van der Waals surface area (Å²) in [6.45, 7) is 1.77. The first-order chi connectivity index (χ1) is 9.15. The molecule has 104 valence electrons. The lowest BCUT2D eigenvalue weighted by atomic mass is 9.84. The highest BCUT2D eigenvalue weighted by atomic mass is 32.2. The molecule has 0 aromatic heterocycles. The molecular formula is C15H21NO2S. The molecule has 1 aromatic rings. The van der Waals surface area contributed by atoms with Gasteiger partial charge in [-0.05, 0) is 30.2 Å². The highest BCUT2D eigenvalue weighted by Gasteiger charge is 2.35. The summed E-state index contributed by atoms with van der Waals surface area (Å²) in [5.41, 5.74) is 2.01. The van der Waals surface area contributed by atoms with E-state index in [1.807, 2.05) is 36.0 Å². The lowest BCUT2D eigenvalue weighted by Crippen LogP contribution is -2.43. The summed E-state index contributed by atoms with van der Waals surface area (Å²) in [6, 6.07) is 7.78. The summed E-state index contributed by atoms with van der Waals surface area (Å²) in [6.07, 6.45) is 6.19. The molecule has 0 spiro atoms. The van der Waals surface area contributed by atoms with E-state index < -0.39 is 5.97 Å². The van der Waals surface area contributed by atoms with E-state index in [9.17, 15) is 4.79 Å². The van der Waals surface area contributed by atoms with E-state index in [4.69, 9.17) is 5.11 Å². The Kier molecular flexibility index (Phi) is 4.88. The molecule has 3 nitrogen and oxygen atoms in total. The smallest absolute Gasteiger partial charge is 0.307 e. The van der Waals surface area contributed by atoms with Gasteiger partial charge in [0.25, 0.3) is 0 Å². The second kappa shape index (κ2) is 6.44. The predicted molar refractivity (Wildman–Crippen MR) is 79.6 cm³/mol. The molecule has 2 rings (SSSR count). The van der Waals surface area contributed by atoms with Gasteiger partial charge in [-0.15, -0.1) is 0 Å². The van der Waals surface area contributed by atoms with Gasteiger partial charge < -0.3 is 10.4 Å². The molecule has 0 saturated heterocycles. The lowest BCUT2D eigenvalue weighted by molar-refractivity contribution is -0.136. The topological polar surface area (TPSA) is 49.3 Å². The highest BCUT2D eigenvalue weighted by molar-refractivity contribution is 8.00. The SMILES string of the molecule is CSC1(CNCc2ccccc2CC(=O)O)CCC1. The molecule has 0 radical (unpaired) electrons. The Hall–Kier alpha value is -1.00. The van der Waals surface area contributed by atoms with E-state index in [2.05, 4.69) is 11.6 Å². The molecule has 1 aliphatic carbocycles. The van der Waals surface area contributed by atoms with Crippen LogP contribution in [-0.2, 0) is 17.8 Å². The molecule has 4 heteroatoms. The molecule has 0 bridgehead atoms. The van der Waals surface area contributed by atoms with Crippen LogP contribution in [0.5, 0.6) is 0 Å². The number of benzene rings is 1. The van der Waals surface area contributed by atoms with Crippen LogP contribution in [0.1, 0.15) is 30.4 Å². The Balaban J connectivity index is 1.90. The number of nitrogens with one attached hydrogen (secondary N) is 1. The van der Waals surface area contributed by atoms with Crippen LogP contribution in [0.4, 0.5) is 0 Å². The molecule has 1 aliphatic rings. The predicted octanol–water partition coefficient (Wildman–Crippen LogP) is 2.69. The number of hydrogen-bond acceptors (Lipinski definition) is 3. The average Bonchev–Trinajstić information content (AvgIpc) is 2.34. The minimum absolute atomic E-state index is 0.103. The minimum Gasteiger partial charge on any atom is -0.481 e. The van der Waals surface area contributed by atoms with Crippen molar-refractivity contribution in [3.05, 3.63) is 35.4 Å². The van der Waals surface area contributed by atoms with Crippen molar-refractivity contribution in [2.45, 2.75) is 37.0 Å². The fourth-order valence-corrected chi connectivity index (χ4v) is 3.46. The number of carboxylic acid groups (broad SMARTS) is 1. The van der Waals surface area contributed by atoms with Crippen molar-refractivity contribution >= 4 is 17.7 Å². The van der Waals surface area contributed by atoms with Crippen molar-refractivity contribution in [2.75, 3.05) is 12.8 Å². The van der Waals surface area contributed by atoms with Crippen molar-refractivity contribution in [2.24, 2.45) is 0 Å². The Bertz CT molecular complexity index is 438. The third-order valence-corrected chi connectivity index (χ3v) is 5.34. The summed E-state index contributed by atoms with van der Waals surface area (Å²) in [4.78, 5) is 10.8. The monoisotopic (exact) mass is 279 g/mol. The van der Waals surface area contributed by atoms with E-state index in [-0.39, 0.29) is 6.42 Å². The second-order valence-corrected chi connectivity index (χ2v) is 6.46. The summed E-state index contributed by atoms with van der Waals surface area (Å²) in [7, 11) is 0. The van der Waals surface area contributed by atoms with Crippen LogP contribution < -0.4 is 5.32 Å². The van der Waals surface area contributed by atoms with Crippen LogP contribution in [0.15, 0.2) is 24.3 Å². The maximum absolute atomic E-state index is 10.8. The van der Waals surface area contributed by atoms with Crippen LogP contribution in [0.2, 0.25) is 0 Å². The van der Waals surface area contributed by atoms with Gasteiger partial charge in [0.15, 0.2) is 0 Å². The van der Waals surface area contributed by atoms with Crippen LogP contribution in [-0.4, -0.2) is 28.6 Å². The Morgan fingerprint density at radius 1 is 1.37 bits per heavy atom. The molecule has 0 atom stereocenters. The highest BCUT2D eigenvalue weighted by Crippen LogP contribution is 2.42. The molecule has 0 amide bonds. The maximum atomic E-state index is 10.8. The number of hydrogen-bond donors (Lipinski definition) is 2. The lowest BCUT2D eigenvalue weighted by Gasteiger charge is -2.40. The van der Waals surface area contributed by atoms with Crippen LogP contribution in [0, 0.1) is 0 Å². The van der Waals surface area contributed by atoms with Gasteiger partial charge >= 0.3 is 5.97 Å². The van der Waals surface area contributed by atoms with Gasteiger partial charge in [-0.2, -0.15) is 11.8 Å². The first kappa shape index (κ1) is 14.4. The number of thioether (sulfide) groups is 1. The zero-order valence-corrected chi connectivity index (χ0v) is 12.1.